The molecule has 1 amide bonds. The molecular formula is C19H16Cl2N2O. The van der Waals surface area contributed by atoms with Crippen molar-refractivity contribution in [1.82, 2.24) is 0 Å². The van der Waals surface area contributed by atoms with Crippen LogP contribution in [-0.2, 0) is 4.79 Å². The van der Waals surface area contributed by atoms with E-state index in [9.17, 15) is 4.79 Å². The van der Waals surface area contributed by atoms with E-state index in [4.69, 9.17) is 23.2 Å². The van der Waals surface area contributed by atoms with Crippen LogP contribution in [0, 0.1) is 6.92 Å². The highest BCUT2D eigenvalue weighted by atomic mass is 35.5. The van der Waals surface area contributed by atoms with Crippen molar-refractivity contribution in [3.8, 4) is 0 Å². The lowest BCUT2D eigenvalue weighted by molar-refractivity contribution is -0.114. The molecule has 0 aliphatic carbocycles. The van der Waals surface area contributed by atoms with Crippen LogP contribution in [0.3, 0.4) is 0 Å². The summed E-state index contributed by atoms with van der Waals surface area (Å²) in [5.74, 6) is -0.211. The number of hydrogen-bond donors (Lipinski definition) is 2. The second-order valence-corrected chi connectivity index (χ2v) is 6.30. The van der Waals surface area contributed by atoms with Crippen molar-refractivity contribution in [2.24, 2.45) is 0 Å². The molecule has 0 spiro atoms. The van der Waals surface area contributed by atoms with E-state index in [-0.39, 0.29) is 12.5 Å². The Hall–Kier alpha value is -2.23. The Balaban J connectivity index is 1.68. The number of halogens is 2. The van der Waals surface area contributed by atoms with E-state index < -0.39 is 0 Å². The SMILES string of the molecule is Cc1ccc(Cl)c(NC(=O)CNc2ccc3ccccc3c2)c1Cl. The fourth-order valence-electron chi connectivity index (χ4n) is 2.44. The Bertz CT molecular complexity index is 909. The Kier molecular flexibility index (Phi) is 4.93. The van der Waals surface area contributed by atoms with Crippen molar-refractivity contribution in [2.45, 2.75) is 6.92 Å². The van der Waals surface area contributed by atoms with Gasteiger partial charge in [-0.05, 0) is 41.5 Å². The number of fused-ring (bicyclic) bond motifs is 1. The normalized spacial score (nSPS) is 10.6. The number of amides is 1. The standard InChI is InChI=1S/C19H16Cl2N2O/c1-12-6-9-16(20)19(18(12)21)23-17(24)11-22-15-8-7-13-4-2-3-5-14(13)10-15/h2-10,22H,11H2,1H3,(H,23,24). The van der Waals surface area contributed by atoms with E-state index in [0.717, 1.165) is 22.0 Å². The molecule has 0 aliphatic rings. The highest BCUT2D eigenvalue weighted by Crippen LogP contribution is 2.32. The zero-order chi connectivity index (χ0) is 17.1. The summed E-state index contributed by atoms with van der Waals surface area (Å²) in [5, 5.41) is 9.03. The van der Waals surface area contributed by atoms with Crippen LogP contribution in [0.2, 0.25) is 10.0 Å². The van der Waals surface area contributed by atoms with E-state index in [1.54, 1.807) is 6.07 Å². The molecule has 2 N–H and O–H groups in total. The molecule has 3 rings (SSSR count). The van der Waals surface area contributed by atoms with Gasteiger partial charge < -0.3 is 10.6 Å². The average molecular weight is 359 g/mol. The number of benzene rings is 3. The van der Waals surface area contributed by atoms with Gasteiger partial charge in [0.1, 0.15) is 0 Å². The lowest BCUT2D eigenvalue weighted by Crippen LogP contribution is -2.22. The summed E-state index contributed by atoms with van der Waals surface area (Å²) in [7, 11) is 0. The van der Waals surface area contributed by atoms with Crippen LogP contribution in [0.15, 0.2) is 54.6 Å². The predicted octanol–water partition coefficient (Wildman–Crippen LogP) is 5.51. The van der Waals surface area contributed by atoms with Crippen LogP contribution < -0.4 is 10.6 Å². The molecule has 0 heterocycles. The van der Waals surface area contributed by atoms with Gasteiger partial charge in [-0.2, -0.15) is 0 Å². The molecule has 24 heavy (non-hydrogen) atoms. The molecule has 3 nitrogen and oxygen atoms in total. The first-order valence-electron chi connectivity index (χ1n) is 7.52. The average Bonchev–Trinajstić information content (AvgIpc) is 2.60. The molecule has 3 aromatic carbocycles. The Labute approximate surface area is 150 Å². The second-order valence-electron chi connectivity index (χ2n) is 5.52. The second kappa shape index (κ2) is 7.12. The quantitative estimate of drug-likeness (QED) is 0.645. The number of anilines is 2. The highest BCUT2D eigenvalue weighted by Gasteiger charge is 2.11. The smallest absolute Gasteiger partial charge is 0.243 e. The van der Waals surface area contributed by atoms with Gasteiger partial charge in [0.05, 0.1) is 22.3 Å². The third-order valence-corrected chi connectivity index (χ3v) is 4.55. The molecule has 0 unspecified atom stereocenters. The van der Waals surface area contributed by atoms with E-state index >= 15 is 0 Å². The van der Waals surface area contributed by atoms with E-state index in [1.165, 1.54) is 0 Å². The van der Waals surface area contributed by atoms with Gasteiger partial charge >= 0.3 is 0 Å². The predicted molar refractivity (Wildman–Crippen MR) is 102 cm³/mol. The van der Waals surface area contributed by atoms with Crippen molar-refractivity contribution in [3.05, 3.63) is 70.2 Å². The van der Waals surface area contributed by atoms with Crippen LogP contribution in [0.25, 0.3) is 10.8 Å². The fourth-order valence-corrected chi connectivity index (χ4v) is 2.90. The molecule has 122 valence electrons. The molecular weight excluding hydrogens is 343 g/mol. The van der Waals surface area contributed by atoms with Gasteiger partial charge in [0.25, 0.3) is 0 Å². The zero-order valence-corrected chi connectivity index (χ0v) is 14.6. The van der Waals surface area contributed by atoms with Gasteiger partial charge in [-0.25, -0.2) is 0 Å². The highest BCUT2D eigenvalue weighted by molar-refractivity contribution is 6.40. The number of rotatable bonds is 4. The zero-order valence-electron chi connectivity index (χ0n) is 13.1. The molecule has 3 aromatic rings. The summed E-state index contributed by atoms with van der Waals surface area (Å²) in [5.41, 5.74) is 2.19. The van der Waals surface area contributed by atoms with E-state index in [2.05, 4.69) is 10.6 Å². The van der Waals surface area contributed by atoms with Crippen LogP contribution in [-0.4, -0.2) is 12.5 Å². The van der Waals surface area contributed by atoms with Crippen LogP contribution >= 0.6 is 23.2 Å². The fraction of sp³-hybridized carbons (Fsp3) is 0.105. The van der Waals surface area contributed by atoms with Gasteiger partial charge in [0, 0.05) is 5.69 Å². The Morgan fingerprint density at radius 2 is 1.75 bits per heavy atom. The first-order valence-corrected chi connectivity index (χ1v) is 8.27. The lowest BCUT2D eigenvalue weighted by atomic mass is 10.1. The first-order chi connectivity index (χ1) is 11.5. The molecule has 0 fully saturated rings. The summed E-state index contributed by atoms with van der Waals surface area (Å²) in [4.78, 5) is 12.2. The number of aryl methyl sites for hydroxylation is 1. The topological polar surface area (TPSA) is 41.1 Å². The minimum Gasteiger partial charge on any atom is -0.376 e. The monoisotopic (exact) mass is 358 g/mol. The van der Waals surface area contributed by atoms with Crippen molar-refractivity contribution < 1.29 is 4.79 Å². The molecule has 0 aromatic heterocycles. The van der Waals surface area contributed by atoms with Crippen molar-refractivity contribution in [3.63, 3.8) is 0 Å². The number of carbonyl (C=O) groups is 1. The summed E-state index contributed by atoms with van der Waals surface area (Å²) >= 11 is 12.3. The molecule has 5 heteroatoms. The van der Waals surface area contributed by atoms with Crippen LogP contribution in [0.5, 0.6) is 0 Å². The Morgan fingerprint density at radius 3 is 2.54 bits per heavy atom. The van der Waals surface area contributed by atoms with Gasteiger partial charge in [0.15, 0.2) is 0 Å². The molecule has 0 atom stereocenters. The molecule has 0 saturated carbocycles. The third kappa shape index (κ3) is 3.64. The van der Waals surface area contributed by atoms with Crippen LogP contribution in [0.1, 0.15) is 5.56 Å². The van der Waals surface area contributed by atoms with Crippen molar-refractivity contribution >= 4 is 51.3 Å². The molecule has 0 aliphatic heterocycles. The van der Waals surface area contributed by atoms with Gasteiger partial charge in [-0.15, -0.1) is 0 Å². The summed E-state index contributed by atoms with van der Waals surface area (Å²) in [6, 6.07) is 17.6. The number of hydrogen-bond acceptors (Lipinski definition) is 2. The number of nitrogens with one attached hydrogen (secondary N) is 2. The van der Waals surface area contributed by atoms with Gasteiger partial charge in [0.2, 0.25) is 5.91 Å². The summed E-state index contributed by atoms with van der Waals surface area (Å²) in [6.45, 7) is 1.99. The third-order valence-electron chi connectivity index (χ3n) is 3.75. The maximum atomic E-state index is 12.2. The molecule has 0 bridgehead atoms. The Morgan fingerprint density at radius 1 is 1.00 bits per heavy atom. The number of carbonyl (C=O) groups excluding carboxylic acids is 1. The minimum absolute atomic E-state index is 0.124. The largest absolute Gasteiger partial charge is 0.376 e. The van der Waals surface area contributed by atoms with Crippen molar-refractivity contribution in [2.75, 3.05) is 17.2 Å². The maximum Gasteiger partial charge on any atom is 0.243 e. The van der Waals surface area contributed by atoms with Crippen molar-refractivity contribution in [1.29, 1.82) is 0 Å². The van der Waals surface area contributed by atoms with Gasteiger partial charge in [-0.1, -0.05) is 59.6 Å². The van der Waals surface area contributed by atoms with Crippen LogP contribution in [0.4, 0.5) is 11.4 Å². The molecule has 0 saturated heterocycles. The first kappa shape index (κ1) is 16.6. The van der Waals surface area contributed by atoms with E-state index in [0.29, 0.717) is 15.7 Å². The van der Waals surface area contributed by atoms with Gasteiger partial charge in [-0.3, -0.25) is 4.79 Å². The summed E-state index contributed by atoms with van der Waals surface area (Å²) in [6.07, 6.45) is 0. The lowest BCUT2D eigenvalue weighted by Gasteiger charge is -2.12. The van der Waals surface area contributed by atoms with E-state index in [1.807, 2.05) is 55.5 Å². The minimum atomic E-state index is -0.211. The maximum absolute atomic E-state index is 12.2. The molecule has 0 radical (unpaired) electrons. The summed E-state index contributed by atoms with van der Waals surface area (Å²) < 4.78 is 0.